The first-order valence-electron chi connectivity index (χ1n) is 5.77. The third-order valence-corrected chi connectivity index (χ3v) is 2.54. The summed E-state index contributed by atoms with van der Waals surface area (Å²) in [4.78, 5) is 0. The van der Waals surface area contributed by atoms with Crippen LogP contribution in [0.25, 0.3) is 0 Å². The third kappa shape index (κ3) is 3.65. The predicted octanol–water partition coefficient (Wildman–Crippen LogP) is 2.63. The second-order valence-corrected chi connectivity index (χ2v) is 5.09. The molecule has 0 bridgehead atoms. The molecule has 16 heavy (non-hydrogen) atoms. The van der Waals surface area contributed by atoms with E-state index < -0.39 is 6.10 Å². The molecule has 1 aromatic rings. The van der Waals surface area contributed by atoms with Crippen molar-refractivity contribution < 1.29 is 14.3 Å². The molecule has 1 aromatic heterocycles. The SMILES string of the molecule is CCOC(C(O)Cc1ccco1)C(C)(C)C. The molecule has 0 radical (unpaired) electrons. The fraction of sp³-hybridized carbons (Fsp3) is 0.692. The van der Waals surface area contributed by atoms with Crippen LogP contribution in [0.3, 0.4) is 0 Å². The van der Waals surface area contributed by atoms with E-state index in [1.165, 1.54) is 0 Å². The molecule has 0 aliphatic rings. The molecular formula is C13H22O3. The molecule has 1 heterocycles. The summed E-state index contributed by atoms with van der Waals surface area (Å²) in [7, 11) is 0. The van der Waals surface area contributed by atoms with Gasteiger partial charge in [0.25, 0.3) is 0 Å². The van der Waals surface area contributed by atoms with Crippen LogP contribution in [-0.2, 0) is 11.2 Å². The summed E-state index contributed by atoms with van der Waals surface area (Å²) in [6.07, 6.45) is 1.40. The van der Waals surface area contributed by atoms with Gasteiger partial charge in [0.05, 0.1) is 18.5 Å². The van der Waals surface area contributed by atoms with Gasteiger partial charge in [-0.15, -0.1) is 0 Å². The van der Waals surface area contributed by atoms with Crippen LogP contribution in [0.1, 0.15) is 33.5 Å². The van der Waals surface area contributed by atoms with Crippen LogP contribution < -0.4 is 0 Å². The Bertz CT molecular complexity index is 285. The van der Waals surface area contributed by atoms with Crippen molar-refractivity contribution in [2.24, 2.45) is 5.41 Å². The standard InChI is InChI=1S/C13H22O3/c1-5-15-12(13(2,3)4)11(14)9-10-7-6-8-16-10/h6-8,11-12,14H,5,9H2,1-4H3. The molecule has 0 aromatic carbocycles. The van der Waals surface area contributed by atoms with Crippen molar-refractivity contribution in [3.8, 4) is 0 Å². The number of hydrogen-bond acceptors (Lipinski definition) is 3. The predicted molar refractivity (Wildman–Crippen MR) is 63.3 cm³/mol. The van der Waals surface area contributed by atoms with Gasteiger partial charge in [0, 0.05) is 13.0 Å². The maximum Gasteiger partial charge on any atom is 0.106 e. The fourth-order valence-electron chi connectivity index (χ4n) is 1.86. The Labute approximate surface area is 97.4 Å². The van der Waals surface area contributed by atoms with Crippen LogP contribution in [0.15, 0.2) is 22.8 Å². The average molecular weight is 226 g/mol. The minimum Gasteiger partial charge on any atom is -0.469 e. The van der Waals surface area contributed by atoms with E-state index in [4.69, 9.17) is 9.15 Å². The molecule has 1 N–H and O–H groups in total. The molecular weight excluding hydrogens is 204 g/mol. The van der Waals surface area contributed by atoms with Gasteiger partial charge in [-0.25, -0.2) is 0 Å². The zero-order valence-corrected chi connectivity index (χ0v) is 10.6. The highest BCUT2D eigenvalue weighted by molar-refractivity contribution is 5.01. The highest BCUT2D eigenvalue weighted by atomic mass is 16.5. The maximum absolute atomic E-state index is 10.2. The lowest BCUT2D eigenvalue weighted by molar-refractivity contribution is -0.0885. The minimum atomic E-state index is -0.536. The first kappa shape index (κ1) is 13.3. The van der Waals surface area contributed by atoms with Crippen LogP contribution in [0, 0.1) is 5.41 Å². The molecule has 0 aliphatic heterocycles. The van der Waals surface area contributed by atoms with Crippen LogP contribution in [-0.4, -0.2) is 23.9 Å². The Balaban J connectivity index is 2.64. The number of aliphatic hydroxyl groups excluding tert-OH is 1. The fourth-order valence-corrected chi connectivity index (χ4v) is 1.86. The van der Waals surface area contributed by atoms with E-state index in [0.717, 1.165) is 5.76 Å². The van der Waals surface area contributed by atoms with E-state index in [1.54, 1.807) is 6.26 Å². The van der Waals surface area contributed by atoms with Gasteiger partial charge < -0.3 is 14.3 Å². The second kappa shape index (κ2) is 5.51. The van der Waals surface area contributed by atoms with Crippen LogP contribution in [0.4, 0.5) is 0 Å². The summed E-state index contributed by atoms with van der Waals surface area (Å²) in [5.41, 5.74) is -0.0813. The van der Waals surface area contributed by atoms with Crippen molar-refractivity contribution in [2.45, 2.75) is 46.3 Å². The zero-order chi connectivity index (χ0) is 12.2. The molecule has 0 saturated carbocycles. The molecule has 0 amide bonds. The van der Waals surface area contributed by atoms with E-state index in [2.05, 4.69) is 20.8 Å². The van der Waals surface area contributed by atoms with E-state index in [1.807, 2.05) is 19.1 Å². The van der Waals surface area contributed by atoms with E-state index >= 15 is 0 Å². The lowest BCUT2D eigenvalue weighted by Crippen LogP contribution is -2.41. The number of ether oxygens (including phenoxy) is 1. The normalized spacial score (nSPS) is 16.1. The van der Waals surface area contributed by atoms with E-state index in [0.29, 0.717) is 13.0 Å². The average Bonchev–Trinajstić information content (AvgIpc) is 2.64. The molecule has 0 aliphatic carbocycles. The van der Waals surface area contributed by atoms with Gasteiger partial charge in [0.15, 0.2) is 0 Å². The van der Waals surface area contributed by atoms with Crippen molar-refractivity contribution in [1.82, 2.24) is 0 Å². The molecule has 3 nitrogen and oxygen atoms in total. The summed E-state index contributed by atoms with van der Waals surface area (Å²) in [5.74, 6) is 0.793. The van der Waals surface area contributed by atoms with Gasteiger partial charge in [-0.1, -0.05) is 20.8 Å². The lowest BCUT2D eigenvalue weighted by Gasteiger charge is -2.33. The van der Waals surface area contributed by atoms with Crippen LogP contribution in [0.2, 0.25) is 0 Å². The Morgan fingerprint density at radius 1 is 1.44 bits per heavy atom. The van der Waals surface area contributed by atoms with Crippen molar-refractivity contribution in [1.29, 1.82) is 0 Å². The quantitative estimate of drug-likeness (QED) is 0.839. The largest absolute Gasteiger partial charge is 0.469 e. The second-order valence-electron chi connectivity index (χ2n) is 5.09. The lowest BCUT2D eigenvalue weighted by atomic mass is 9.84. The van der Waals surface area contributed by atoms with Gasteiger partial charge in [0.2, 0.25) is 0 Å². The minimum absolute atomic E-state index is 0.0813. The summed E-state index contributed by atoms with van der Waals surface area (Å²) < 4.78 is 10.9. The van der Waals surface area contributed by atoms with Gasteiger partial charge in [-0.2, -0.15) is 0 Å². The number of rotatable bonds is 5. The topological polar surface area (TPSA) is 42.6 Å². The van der Waals surface area contributed by atoms with Crippen LogP contribution in [0.5, 0.6) is 0 Å². The molecule has 1 rings (SSSR count). The molecule has 2 unspecified atom stereocenters. The summed E-state index contributed by atoms with van der Waals surface area (Å²) >= 11 is 0. The van der Waals surface area contributed by atoms with Gasteiger partial charge >= 0.3 is 0 Å². The number of aliphatic hydroxyl groups is 1. The Hall–Kier alpha value is -0.800. The van der Waals surface area contributed by atoms with Gasteiger partial charge in [0.1, 0.15) is 5.76 Å². The van der Waals surface area contributed by atoms with E-state index in [9.17, 15) is 5.11 Å². The molecule has 0 saturated heterocycles. The smallest absolute Gasteiger partial charge is 0.106 e. The molecule has 3 heteroatoms. The number of hydrogen-bond donors (Lipinski definition) is 1. The highest BCUT2D eigenvalue weighted by Gasteiger charge is 2.32. The zero-order valence-electron chi connectivity index (χ0n) is 10.6. The third-order valence-electron chi connectivity index (χ3n) is 2.54. The number of furan rings is 1. The van der Waals surface area contributed by atoms with Crippen molar-refractivity contribution in [2.75, 3.05) is 6.61 Å². The van der Waals surface area contributed by atoms with Gasteiger partial charge in [-0.3, -0.25) is 0 Å². The van der Waals surface area contributed by atoms with Crippen molar-refractivity contribution in [3.63, 3.8) is 0 Å². The maximum atomic E-state index is 10.2. The van der Waals surface area contributed by atoms with E-state index in [-0.39, 0.29) is 11.5 Å². The highest BCUT2D eigenvalue weighted by Crippen LogP contribution is 2.26. The van der Waals surface area contributed by atoms with Gasteiger partial charge in [-0.05, 0) is 24.5 Å². The Morgan fingerprint density at radius 3 is 2.56 bits per heavy atom. The van der Waals surface area contributed by atoms with Crippen LogP contribution >= 0.6 is 0 Å². The van der Waals surface area contributed by atoms with Crippen molar-refractivity contribution in [3.05, 3.63) is 24.2 Å². The first-order chi connectivity index (χ1) is 7.45. The summed E-state index contributed by atoms with van der Waals surface area (Å²) in [6, 6.07) is 3.70. The molecule has 0 fully saturated rings. The summed E-state index contributed by atoms with van der Waals surface area (Å²) in [5, 5.41) is 10.2. The Kier molecular flexibility index (Phi) is 4.56. The monoisotopic (exact) mass is 226 g/mol. The Morgan fingerprint density at radius 2 is 2.12 bits per heavy atom. The first-order valence-corrected chi connectivity index (χ1v) is 5.77. The molecule has 92 valence electrons. The summed E-state index contributed by atoms with van der Waals surface area (Å²) in [6.45, 7) is 8.76. The molecule has 2 atom stereocenters. The van der Waals surface area contributed by atoms with Crippen molar-refractivity contribution >= 4 is 0 Å². The molecule has 0 spiro atoms.